The van der Waals surface area contributed by atoms with Gasteiger partial charge in [-0.25, -0.2) is 0 Å². The van der Waals surface area contributed by atoms with E-state index in [1.54, 1.807) is 54.6 Å². The average molecular weight is 568 g/mol. The Morgan fingerprint density at radius 2 is 1.54 bits per heavy atom. The van der Waals surface area contributed by atoms with Gasteiger partial charge in [0.2, 0.25) is 24.5 Å². The second-order valence-corrected chi connectivity index (χ2v) is 8.86. The minimum absolute atomic E-state index is 0.0444. The van der Waals surface area contributed by atoms with Crippen molar-refractivity contribution in [3.8, 4) is 0 Å². The van der Waals surface area contributed by atoms with Crippen LogP contribution < -0.4 is 15.3 Å². The SMILES string of the molecule is COC(=O)Cc1ccc(C[n+]2cc([N-]C(=O)Nc3cc(NC(=O)Cc4ccccc4)cc(C(F)(F)F)c3)on2)cc1. The Morgan fingerprint density at radius 1 is 0.902 bits per heavy atom. The maximum Gasteiger partial charge on any atom is 0.416 e. The van der Waals surface area contributed by atoms with E-state index in [1.807, 2.05) is 0 Å². The maximum absolute atomic E-state index is 13.5. The number of rotatable bonds is 9. The topological polar surface area (TPSA) is 129 Å². The number of benzene rings is 3. The number of urea groups is 1. The summed E-state index contributed by atoms with van der Waals surface area (Å²) in [6.07, 6.45) is -3.30. The summed E-state index contributed by atoms with van der Waals surface area (Å²) in [6, 6.07) is 17.5. The monoisotopic (exact) mass is 567 g/mol. The van der Waals surface area contributed by atoms with Crippen molar-refractivity contribution in [2.75, 3.05) is 17.7 Å². The molecule has 0 spiro atoms. The molecule has 0 bridgehead atoms. The zero-order chi connectivity index (χ0) is 29.4. The summed E-state index contributed by atoms with van der Waals surface area (Å²) < 4.78 is 51.5. The number of aromatic nitrogens is 2. The number of amides is 3. The summed E-state index contributed by atoms with van der Waals surface area (Å²) in [5.74, 6) is -1.07. The first-order chi connectivity index (χ1) is 19.6. The van der Waals surface area contributed by atoms with Gasteiger partial charge in [0.25, 0.3) is 0 Å². The highest BCUT2D eigenvalue weighted by Crippen LogP contribution is 2.34. The van der Waals surface area contributed by atoms with E-state index in [0.717, 1.165) is 23.3 Å². The van der Waals surface area contributed by atoms with Gasteiger partial charge in [0.15, 0.2) is 11.3 Å². The van der Waals surface area contributed by atoms with Gasteiger partial charge in [-0.2, -0.15) is 13.2 Å². The highest BCUT2D eigenvalue weighted by Gasteiger charge is 2.31. The molecule has 3 aromatic carbocycles. The zero-order valence-electron chi connectivity index (χ0n) is 21.6. The highest BCUT2D eigenvalue weighted by molar-refractivity contribution is 6.04. The molecule has 3 amide bonds. The third-order valence-electron chi connectivity index (χ3n) is 5.66. The smallest absolute Gasteiger partial charge is 0.416 e. The number of nitrogens with zero attached hydrogens (tertiary/aromatic N) is 3. The first-order valence-electron chi connectivity index (χ1n) is 12.2. The Balaban J connectivity index is 1.38. The van der Waals surface area contributed by atoms with Gasteiger partial charge in [0.1, 0.15) is 0 Å². The molecule has 0 aliphatic heterocycles. The van der Waals surface area contributed by atoms with Gasteiger partial charge >= 0.3 is 12.1 Å². The van der Waals surface area contributed by atoms with Gasteiger partial charge in [0, 0.05) is 11.3 Å². The number of carbonyl (C=O) groups excluding carboxylic acids is 3. The summed E-state index contributed by atoms with van der Waals surface area (Å²) in [4.78, 5) is 36.2. The van der Waals surface area contributed by atoms with Crippen LogP contribution in [0.3, 0.4) is 0 Å². The number of alkyl halides is 3. The number of esters is 1. The van der Waals surface area contributed by atoms with Crippen LogP contribution in [-0.4, -0.2) is 30.3 Å². The molecule has 1 heterocycles. The van der Waals surface area contributed by atoms with Crippen LogP contribution in [0.25, 0.3) is 5.32 Å². The Kier molecular flexibility index (Phi) is 8.97. The summed E-state index contributed by atoms with van der Waals surface area (Å²) in [6.45, 7) is 0.263. The van der Waals surface area contributed by atoms with Gasteiger partial charge in [-0.3, -0.25) is 14.4 Å². The summed E-state index contributed by atoms with van der Waals surface area (Å²) in [5, 5.41) is 12.2. The molecule has 2 N–H and O–H groups in total. The molecule has 0 saturated carbocycles. The second-order valence-electron chi connectivity index (χ2n) is 8.86. The number of carbonyl (C=O) groups is 3. The minimum Gasteiger partial charge on any atom is -0.469 e. The molecular weight excluding hydrogens is 543 g/mol. The van der Waals surface area contributed by atoms with E-state index >= 15 is 0 Å². The van der Waals surface area contributed by atoms with Gasteiger partial charge in [-0.05, 0) is 39.7 Å². The van der Waals surface area contributed by atoms with E-state index in [4.69, 9.17) is 4.52 Å². The van der Waals surface area contributed by atoms with Gasteiger partial charge < -0.3 is 25.2 Å². The fourth-order valence-corrected chi connectivity index (χ4v) is 3.75. The fourth-order valence-electron chi connectivity index (χ4n) is 3.75. The zero-order valence-corrected chi connectivity index (χ0v) is 21.6. The first kappa shape index (κ1) is 28.8. The third kappa shape index (κ3) is 8.65. The van der Waals surface area contributed by atoms with Crippen LogP contribution in [-0.2, 0) is 39.9 Å². The molecule has 41 heavy (non-hydrogen) atoms. The van der Waals surface area contributed by atoms with Crippen molar-refractivity contribution in [2.45, 2.75) is 25.6 Å². The van der Waals surface area contributed by atoms with Crippen molar-refractivity contribution < 1.29 is 41.5 Å². The fraction of sp³-hybridized carbons (Fsp3) is 0.179. The number of hydrogen-bond donors (Lipinski definition) is 2. The number of ether oxygens (including phenoxy) is 1. The van der Waals surface area contributed by atoms with E-state index in [0.29, 0.717) is 5.56 Å². The van der Waals surface area contributed by atoms with Crippen molar-refractivity contribution in [3.05, 3.63) is 107 Å². The van der Waals surface area contributed by atoms with Crippen molar-refractivity contribution in [1.82, 2.24) is 5.27 Å². The molecule has 10 nitrogen and oxygen atoms in total. The molecule has 13 heteroatoms. The number of methoxy groups -OCH3 is 1. The number of nitrogens with one attached hydrogen (secondary N) is 2. The van der Waals surface area contributed by atoms with Crippen molar-refractivity contribution in [2.24, 2.45) is 0 Å². The van der Waals surface area contributed by atoms with Crippen LogP contribution in [0.15, 0.2) is 83.5 Å². The Bertz CT molecular complexity index is 1520. The summed E-state index contributed by atoms with van der Waals surface area (Å²) in [5.41, 5.74) is 0.823. The van der Waals surface area contributed by atoms with E-state index in [2.05, 4.69) is 26.0 Å². The van der Waals surface area contributed by atoms with Gasteiger partial charge in [-0.15, -0.1) is 0 Å². The lowest BCUT2D eigenvalue weighted by Crippen LogP contribution is -2.35. The molecule has 0 atom stereocenters. The minimum atomic E-state index is -4.73. The predicted molar refractivity (Wildman–Crippen MR) is 140 cm³/mol. The molecule has 1 aromatic heterocycles. The maximum atomic E-state index is 13.5. The third-order valence-corrected chi connectivity index (χ3v) is 5.66. The number of halogens is 3. The van der Waals surface area contributed by atoms with E-state index in [-0.39, 0.29) is 42.6 Å². The van der Waals surface area contributed by atoms with Crippen molar-refractivity contribution in [1.29, 1.82) is 0 Å². The molecule has 0 saturated heterocycles. The molecule has 0 radical (unpaired) electrons. The second kappa shape index (κ2) is 12.8. The van der Waals surface area contributed by atoms with Gasteiger partial charge in [0.05, 0.1) is 25.5 Å². The quantitative estimate of drug-likeness (QED) is 0.212. The summed E-state index contributed by atoms with van der Waals surface area (Å²) in [7, 11) is 1.31. The Hall–Kier alpha value is -5.20. The van der Waals surface area contributed by atoms with Crippen LogP contribution in [0.1, 0.15) is 22.3 Å². The molecule has 4 aromatic rings. The van der Waals surface area contributed by atoms with Crippen LogP contribution in [0, 0.1) is 0 Å². The predicted octanol–water partition coefficient (Wildman–Crippen LogP) is 5.16. The van der Waals surface area contributed by atoms with Crippen LogP contribution in [0.2, 0.25) is 0 Å². The normalized spacial score (nSPS) is 11.0. The Morgan fingerprint density at radius 3 is 2.20 bits per heavy atom. The molecule has 0 fully saturated rings. The molecule has 0 unspecified atom stereocenters. The average Bonchev–Trinajstić information content (AvgIpc) is 3.35. The standard InChI is InChI=1S/C28H24F3N5O5/c1-40-26(38)12-19-7-9-20(10-8-19)16-36-17-25(41-35-36)34-27(39)33-23-14-21(28(29,30)31)13-22(15-23)32-24(37)11-18-5-3-2-4-6-18/h2-10,13-15,17H,11-12,16H2,1H3,(H2-,32,33,34,35,37,39). The lowest BCUT2D eigenvalue weighted by Gasteiger charge is -2.18. The van der Waals surface area contributed by atoms with Crippen molar-refractivity contribution in [3.63, 3.8) is 0 Å². The van der Waals surface area contributed by atoms with Crippen LogP contribution >= 0.6 is 0 Å². The molecular formula is C28H24F3N5O5. The van der Waals surface area contributed by atoms with Crippen molar-refractivity contribution >= 4 is 35.2 Å². The first-order valence-corrected chi connectivity index (χ1v) is 12.2. The summed E-state index contributed by atoms with van der Waals surface area (Å²) >= 11 is 0. The lowest BCUT2D eigenvalue weighted by molar-refractivity contribution is -0.754. The molecule has 4 rings (SSSR count). The lowest BCUT2D eigenvalue weighted by atomic mass is 10.1. The molecule has 0 aliphatic carbocycles. The van der Waals surface area contributed by atoms with Crippen LogP contribution in [0.5, 0.6) is 0 Å². The largest absolute Gasteiger partial charge is 0.469 e. The van der Waals surface area contributed by atoms with Crippen LogP contribution in [0.4, 0.5) is 35.2 Å². The van der Waals surface area contributed by atoms with E-state index < -0.39 is 23.7 Å². The molecule has 212 valence electrons. The molecule has 0 aliphatic rings. The van der Waals surface area contributed by atoms with E-state index in [1.165, 1.54) is 24.1 Å². The Labute approximate surface area is 232 Å². The number of anilines is 2. The van der Waals surface area contributed by atoms with Gasteiger partial charge in [-0.1, -0.05) is 54.6 Å². The van der Waals surface area contributed by atoms with E-state index in [9.17, 15) is 27.6 Å². The number of hydrogen-bond acceptors (Lipinski definition) is 6. The highest BCUT2D eigenvalue weighted by atomic mass is 19.4.